The van der Waals surface area contributed by atoms with Crippen molar-refractivity contribution in [3.63, 3.8) is 0 Å². The minimum atomic E-state index is -4.83. The van der Waals surface area contributed by atoms with Gasteiger partial charge < -0.3 is 0 Å². The minimum absolute atomic E-state index is 0. The number of rotatable bonds is 4. The molecule has 0 amide bonds. The molecule has 0 atom stereocenters. The van der Waals surface area contributed by atoms with Gasteiger partial charge in [0.05, 0.1) is 0 Å². The Bertz CT molecular complexity index is 1900. The van der Waals surface area contributed by atoms with Gasteiger partial charge in [0.1, 0.15) is 0 Å². The molecule has 45 heavy (non-hydrogen) atoms. The van der Waals surface area contributed by atoms with Crippen molar-refractivity contribution < 1.29 is 18.3 Å². The quantitative estimate of drug-likeness (QED) is 0.172. The van der Waals surface area contributed by atoms with Crippen LogP contribution < -0.4 is 9.81 Å². The Morgan fingerprint density at radius 3 is 1.87 bits per heavy atom. The van der Waals surface area contributed by atoms with Crippen molar-refractivity contribution in [2.75, 3.05) is 0 Å². The summed E-state index contributed by atoms with van der Waals surface area (Å²) >= 11 is 1.74. The Kier molecular flexibility index (Phi) is 9.72. The Morgan fingerprint density at radius 1 is 0.733 bits per heavy atom. The number of aryl methyl sites for hydroxylation is 1. The molecule has 4 aromatic carbocycles. The third kappa shape index (κ3) is 5.45. The van der Waals surface area contributed by atoms with E-state index in [0.717, 1.165) is 17.9 Å². The third-order valence-electron chi connectivity index (χ3n) is 10.3. The molecule has 0 radical (unpaired) electrons. The van der Waals surface area contributed by atoms with E-state index >= 15 is 0 Å². The van der Waals surface area contributed by atoms with Crippen LogP contribution in [0.25, 0.3) is 11.1 Å². The van der Waals surface area contributed by atoms with Crippen LogP contribution in [0.15, 0.2) is 94.3 Å². The number of hydrogen-bond donors (Lipinski definition) is 0. The first kappa shape index (κ1) is 35.8. The molecule has 0 nitrogen and oxygen atoms in total. The van der Waals surface area contributed by atoms with Gasteiger partial charge in [0.25, 0.3) is 0 Å². The Labute approximate surface area is 289 Å². The fourth-order valence-electron chi connectivity index (χ4n) is 8.42. The van der Waals surface area contributed by atoms with Crippen LogP contribution in [0.4, 0.5) is 0 Å². The van der Waals surface area contributed by atoms with Gasteiger partial charge in [-0.15, -0.1) is 24.8 Å². The van der Waals surface area contributed by atoms with Crippen molar-refractivity contribution in [3.8, 4) is 11.1 Å². The zero-order valence-corrected chi connectivity index (χ0v) is 32.8. The normalized spacial score (nSPS) is 14.3. The van der Waals surface area contributed by atoms with E-state index < -0.39 is 18.3 Å². The average Bonchev–Trinajstić information content (AvgIpc) is 3.60. The molecule has 0 saturated heterocycles. The molecule has 0 spiro atoms. The first-order chi connectivity index (χ1) is 20.2. The maximum absolute atomic E-state index is 6.57. The summed E-state index contributed by atoms with van der Waals surface area (Å²) in [4.78, 5) is 0. The summed E-state index contributed by atoms with van der Waals surface area (Å²) in [6, 6.07) is 27.6. The molecule has 236 valence electrons. The van der Waals surface area contributed by atoms with Crippen LogP contribution in [-0.4, -0.2) is 4.21 Å². The molecular formula is C41H47Cl3Zr. The number of allylic oxidation sites excluding steroid dienone is 4. The Morgan fingerprint density at radius 2 is 1.31 bits per heavy atom. The molecule has 2 aliphatic carbocycles. The van der Waals surface area contributed by atoms with Gasteiger partial charge in [0.15, 0.2) is 0 Å². The molecule has 0 bridgehead atoms. The van der Waals surface area contributed by atoms with Gasteiger partial charge in [-0.2, -0.15) is 0 Å². The molecule has 0 aromatic heterocycles. The van der Waals surface area contributed by atoms with Gasteiger partial charge >= 0.3 is 267 Å². The average molecular weight is 737 g/mol. The summed E-state index contributed by atoms with van der Waals surface area (Å²) in [5.74, 6) is 0. The molecule has 0 aliphatic heterocycles. The molecule has 0 fully saturated rings. The second-order valence-electron chi connectivity index (χ2n) is 15.1. The fourth-order valence-corrected chi connectivity index (χ4v) is 25.0. The molecule has 0 unspecified atom stereocenters. The Balaban J connectivity index is 0.00000230. The summed E-state index contributed by atoms with van der Waals surface area (Å²) in [5.41, 5.74) is 11.4. The van der Waals surface area contributed by atoms with Gasteiger partial charge in [0, 0.05) is 0 Å². The van der Waals surface area contributed by atoms with Crippen molar-refractivity contribution in [1.82, 2.24) is 0 Å². The molecule has 0 heterocycles. The second kappa shape index (κ2) is 12.2. The van der Waals surface area contributed by atoms with E-state index in [0.29, 0.717) is 0 Å². The van der Waals surface area contributed by atoms with Crippen molar-refractivity contribution in [2.24, 2.45) is 0 Å². The molecular weight excluding hydrogens is 690 g/mol. The number of hydrogen-bond acceptors (Lipinski definition) is 0. The monoisotopic (exact) mass is 734 g/mol. The molecule has 0 saturated carbocycles. The zero-order valence-electron chi connectivity index (χ0n) is 28.0. The van der Waals surface area contributed by atoms with Gasteiger partial charge in [-0.1, -0.05) is 0 Å². The van der Waals surface area contributed by atoms with E-state index in [1.165, 1.54) is 57.6 Å². The zero-order chi connectivity index (χ0) is 31.0. The van der Waals surface area contributed by atoms with Crippen molar-refractivity contribution in [1.29, 1.82) is 0 Å². The van der Waals surface area contributed by atoms with Crippen LogP contribution >= 0.6 is 36.4 Å². The summed E-state index contributed by atoms with van der Waals surface area (Å²) in [6.07, 6.45) is 8.85. The molecule has 2 aliphatic rings. The topological polar surface area (TPSA) is 0 Å². The van der Waals surface area contributed by atoms with Crippen LogP contribution in [0.2, 0.25) is 5.02 Å². The van der Waals surface area contributed by atoms with Crippen molar-refractivity contribution in [2.45, 2.75) is 79.1 Å². The van der Waals surface area contributed by atoms with Crippen molar-refractivity contribution >= 4 is 50.4 Å². The summed E-state index contributed by atoms with van der Waals surface area (Å²) in [6.45, 7) is 18.8. The third-order valence-corrected chi connectivity index (χ3v) is 27.3. The van der Waals surface area contributed by atoms with Crippen LogP contribution in [0.1, 0.15) is 81.3 Å². The van der Waals surface area contributed by atoms with E-state index in [2.05, 4.69) is 146 Å². The SMILES string of the molecule is Cl.Cl.[CH2]=[Zr]([C]1=CC=CC1)([c]1ccccc1)([c]1ccc(Cl)cc1)[c]1c(C)c(C(C)(C)C)cc2c1Cc1cc(C)c(C(C)(C)C)cc1-2. The first-order valence-electron chi connectivity index (χ1n) is 15.7. The van der Waals surface area contributed by atoms with Gasteiger partial charge in [-0.25, -0.2) is 0 Å². The summed E-state index contributed by atoms with van der Waals surface area (Å²) in [7, 11) is 0. The number of fused-ring (bicyclic) bond motifs is 3. The van der Waals surface area contributed by atoms with E-state index in [1.807, 2.05) is 0 Å². The number of benzene rings is 4. The second-order valence-corrected chi connectivity index (χ2v) is 28.4. The van der Waals surface area contributed by atoms with E-state index in [4.69, 9.17) is 15.8 Å². The van der Waals surface area contributed by atoms with Crippen LogP contribution in [0.5, 0.6) is 0 Å². The van der Waals surface area contributed by atoms with Gasteiger partial charge in [0.2, 0.25) is 0 Å². The predicted octanol–water partition coefficient (Wildman–Crippen LogP) is 10.2. The molecule has 0 N–H and O–H groups in total. The van der Waals surface area contributed by atoms with Crippen LogP contribution in [0.3, 0.4) is 0 Å². The van der Waals surface area contributed by atoms with Gasteiger partial charge in [-0.05, 0) is 0 Å². The van der Waals surface area contributed by atoms with Crippen LogP contribution in [0, 0.1) is 13.8 Å². The molecule has 4 aromatic rings. The molecule has 6 rings (SSSR count). The van der Waals surface area contributed by atoms with Crippen LogP contribution in [-0.2, 0) is 35.5 Å². The maximum atomic E-state index is 6.57. The van der Waals surface area contributed by atoms with Gasteiger partial charge in [-0.3, -0.25) is 0 Å². The van der Waals surface area contributed by atoms with E-state index in [-0.39, 0.29) is 35.6 Å². The van der Waals surface area contributed by atoms with Crippen molar-refractivity contribution in [3.05, 3.63) is 133 Å². The fraction of sp³-hybridized carbons (Fsp3) is 0.293. The van der Waals surface area contributed by atoms with E-state index in [1.54, 1.807) is 0 Å². The summed E-state index contributed by atoms with van der Waals surface area (Å²) in [5, 5.41) is 0.766. The van der Waals surface area contributed by atoms with E-state index in [9.17, 15) is 0 Å². The number of halogens is 3. The standard InChI is InChI=1S/C23H29.C6H4Cl.C6H5.C5H5.CH2.2ClH.Zr/c1-14-9-16-11-17-10-15(2)21(23(6,7)8)13-19(17)18(16)12-20(14)22(3,4)5;7-6-4-2-1-3-5-6;1-2-4-6-5-3-1;1-2-4-5-3-1;;;;/h9,12-13H,11H2,1-8H3;2-5H;1-5H;1-3H,4H2;1H2;2*1H;. The predicted molar refractivity (Wildman–Crippen MR) is 202 cm³/mol. The summed E-state index contributed by atoms with van der Waals surface area (Å²) < 4.78 is 11.4. The molecule has 4 heteroatoms. The Hall–Kier alpha value is -2.02. The first-order valence-corrected chi connectivity index (χ1v) is 22.7.